The third-order valence-electron chi connectivity index (χ3n) is 6.13. The van der Waals surface area contributed by atoms with Gasteiger partial charge in [0.1, 0.15) is 0 Å². The van der Waals surface area contributed by atoms with E-state index in [2.05, 4.69) is 85.7 Å². The Morgan fingerprint density at radius 1 is 1.09 bits per heavy atom. The van der Waals surface area contributed by atoms with Crippen molar-refractivity contribution in [2.75, 3.05) is 0 Å². The van der Waals surface area contributed by atoms with Crippen LogP contribution in [0, 0.1) is 5.41 Å². The molecule has 32 heavy (non-hydrogen) atoms. The quantitative estimate of drug-likeness (QED) is 0.327. The van der Waals surface area contributed by atoms with Gasteiger partial charge in [-0.15, -0.1) is 0 Å². The molecule has 2 aromatic rings. The van der Waals surface area contributed by atoms with Crippen LogP contribution in [-0.4, -0.2) is 15.8 Å². The first-order valence-electron chi connectivity index (χ1n) is 11.3. The van der Waals surface area contributed by atoms with Crippen molar-refractivity contribution in [3.8, 4) is 0 Å². The summed E-state index contributed by atoms with van der Waals surface area (Å²) in [6.45, 7) is 11.2. The van der Waals surface area contributed by atoms with E-state index in [1.54, 1.807) is 0 Å². The van der Waals surface area contributed by atoms with Crippen LogP contribution < -0.4 is 0 Å². The molecule has 1 aromatic heterocycles. The van der Waals surface area contributed by atoms with Gasteiger partial charge in [0, 0.05) is 18.6 Å². The molecule has 0 aliphatic heterocycles. The van der Waals surface area contributed by atoms with Crippen LogP contribution in [0.1, 0.15) is 53.5 Å². The predicted molar refractivity (Wildman–Crippen MR) is 137 cm³/mol. The number of para-hydroxylation sites is 1. The zero-order valence-corrected chi connectivity index (χ0v) is 20.0. The first-order chi connectivity index (χ1) is 15.4. The topological polar surface area (TPSA) is 30.2 Å². The van der Waals surface area contributed by atoms with Gasteiger partial charge in [-0.2, -0.15) is 0 Å². The van der Waals surface area contributed by atoms with Crippen molar-refractivity contribution in [2.45, 2.75) is 53.5 Å². The number of hydrogen-bond acceptors (Lipinski definition) is 2. The van der Waals surface area contributed by atoms with Gasteiger partial charge in [0.05, 0.1) is 18.1 Å². The van der Waals surface area contributed by atoms with E-state index in [0.29, 0.717) is 6.04 Å². The summed E-state index contributed by atoms with van der Waals surface area (Å²) in [5.41, 5.74) is 6.42. The number of benzene rings is 1. The standard InChI is InChI=1S/C29H35N3/c1-23(10-9-11-24(2)17-19-31-26-12-7-6-8-13-26)14-15-27-25(3)28(16-18-29(27,4)5)32-21-20-30-22-32/h6-15,17,19-22,28H,16,18H2,1-5H3/b11-9+,15-14+,23-10+,24-17-,31-19?. The first-order valence-corrected chi connectivity index (χ1v) is 11.3. The lowest BCUT2D eigenvalue weighted by Gasteiger charge is -2.37. The molecule has 0 spiro atoms. The lowest BCUT2D eigenvalue weighted by Crippen LogP contribution is -2.25. The molecule has 0 fully saturated rings. The monoisotopic (exact) mass is 425 g/mol. The zero-order valence-electron chi connectivity index (χ0n) is 20.0. The largest absolute Gasteiger partial charge is 0.330 e. The Balaban J connectivity index is 1.67. The molecule has 3 rings (SSSR count). The van der Waals surface area contributed by atoms with Gasteiger partial charge < -0.3 is 4.57 Å². The van der Waals surface area contributed by atoms with Gasteiger partial charge in [-0.25, -0.2) is 4.98 Å². The third kappa shape index (κ3) is 6.40. The minimum absolute atomic E-state index is 0.186. The fraction of sp³-hybridized carbons (Fsp3) is 0.310. The molecule has 0 saturated carbocycles. The van der Waals surface area contributed by atoms with Crippen molar-refractivity contribution in [1.82, 2.24) is 9.55 Å². The Bertz CT molecular complexity index is 1060. The normalized spacial score (nSPS) is 20.2. The highest BCUT2D eigenvalue weighted by Gasteiger charge is 2.32. The summed E-state index contributed by atoms with van der Waals surface area (Å²) in [7, 11) is 0. The van der Waals surface area contributed by atoms with Gasteiger partial charge in [0.25, 0.3) is 0 Å². The lowest BCUT2D eigenvalue weighted by atomic mass is 9.71. The van der Waals surface area contributed by atoms with Crippen molar-refractivity contribution < 1.29 is 0 Å². The summed E-state index contributed by atoms with van der Waals surface area (Å²) in [6, 6.07) is 10.4. The maximum atomic E-state index is 4.44. The van der Waals surface area contributed by atoms with E-state index in [-0.39, 0.29) is 5.41 Å². The first kappa shape index (κ1) is 23.5. The number of rotatable bonds is 7. The molecule has 0 bridgehead atoms. The molecule has 0 saturated heterocycles. The minimum Gasteiger partial charge on any atom is -0.330 e. The zero-order chi connectivity index (χ0) is 23.0. The Morgan fingerprint density at radius 3 is 2.56 bits per heavy atom. The van der Waals surface area contributed by atoms with Crippen LogP contribution in [0.15, 0.2) is 113 Å². The molecule has 1 unspecified atom stereocenters. The molecule has 166 valence electrons. The average molecular weight is 426 g/mol. The van der Waals surface area contributed by atoms with E-state index in [9.17, 15) is 0 Å². The third-order valence-corrected chi connectivity index (χ3v) is 6.13. The van der Waals surface area contributed by atoms with Gasteiger partial charge >= 0.3 is 0 Å². The Hall–Kier alpha value is -3.20. The van der Waals surface area contributed by atoms with Crippen LogP contribution in [0.3, 0.4) is 0 Å². The second-order valence-electron chi connectivity index (χ2n) is 9.17. The van der Waals surface area contributed by atoms with Crippen LogP contribution in [0.4, 0.5) is 5.69 Å². The molecule has 0 N–H and O–H groups in total. The maximum Gasteiger partial charge on any atom is 0.0951 e. The molecule has 0 radical (unpaired) electrons. The van der Waals surface area contributed by atoms with Crippen LogP contribution in [0.25, 0.3) is 0 Å². The highest BCUT2D eigenvalue weighted by molar-refractivity contribution is 5.75. The fourth-order valence-electron chi connectivity index (χ4n) is 4.18. The maximum absolute atomic E-state index is 4.44. The van der Waals surface area contributed by atoms with E-state index < -0.39 is 0 Å². The smallest absolute Gasteiger partial charge is 0.0951 e. The van der Waals surface area contributed by atoms with Gasteiger partial charge in [0.2, 0.25) is 0 Å². The lowest BCUT2D eigenvalue weighted by molar-refractivity contribution is 0.327. The van der Waals surface area contributed by atoms with Gasteiger partial charge in [-0.1, -0.05) is 68.0 Å². The molecule has 3 heteroatoms. The minimum atomic E-state index is 0.186. The molecular formula is C29H35N3. The number of nitrogens with zero attached hydrogens (tertiary/aromatic N) is 3. The number of hydrogen-bond donors (Lipinski definition) is 0. The van der Waals surface area contributed by atoms with Gasteiger partial charge in [-0.05, 0) is 74.0 Å². The second-order valence-corrected chi connectivity index (χ2v) is 9.17. The molecular weight excluding hydrogens is 390 g/mol. The summed E-state index contributed by atoms with van der Waals surface area (Å²) in [4.78, 5) is 8.69. The fourth-order valence-corrected chi connectivity index (χ4v) is 4.18. The van der Waals surface area contributed by atoms with Crippen molar-refractivity contribution in [3.05, 3.63) is 108 Å². The summed E-state index contributed by atoms with van der Waals surface area (Å²) < 4.78 is 2.24. The molecule has 1 aromatic carbocycles. The van der Waals surface area contributed by atoms with Crippen LogP contribution in [0.2, 0.25) is 0 Å². The Morgan fingerprint density at radius 2 is 1.84 bits per heavy atom. The number of aliphatic imine (C=N–C) groups is 1. The van der Waals surface area contributed by atoms with E-state index in [0.717, 1.165) is 17.7 Å². The van der Waals surface area contributed by atoms with Crippen molar-refractivity contribution in [2.24, 2.45) is 10.4 Å². The average Bonchev–Trinajstić information content (AvgIpc) is 3.28. The summed E-state index contributed by atoms with van der Waals surface area (Å²) >= 11 is 0. The Kier molecular flexibility index (Phi) is 7.99. The summed E-state index contributed by atoms with van der Waals surface area (Å²) in [6.07, 6.45) is 23.0. The molecule has 0 amide bonds. The number of allylic oxidation sites excluding steroid dienone is 10. The van der Waals surface area contributed by atoms with Crippen molar-refractivity contribution >= 4 is 11.9 Å². The van der Waals surface area contributed by atoms with E-state index in [4.69, 9.17) is 0 Å². The van der Waals surface area contributed by atoms with Crippen molar-refractivity contribution in [1.29, 1.82) is 0 Å². The SMILES string of the molecule is CC1=C(/C=C/C(C)=C/C=C/C(C)=C\C=Nc2ccccc2)C(C)(C)CCC1n1ccnc1. The molecule has 1 aliphatic carbocycles. The molecule has 1 aliphatic rings. The number of imidazole rings is 1. The van der Waals surface area contributed by atoms with E-state index >= 15 is 0 Å². The second kappa shape index (κ2) is 10.9. The Labute approximate surface area is 193 Å². The van der Waals surface area contributed by atoms with E-state index in [1.165, 1.54) is 23.1 Å². The summed E-state index contributed by atoms with van der Waals surface area (Å²) in [5.74, 6) is 0. The van der Waals surface area contributed by atoms with Crippen molar-refractivity contribution in [3.63, 3.8) is 0 Å². The summed E-state index contributed by atoms with van der Waals surface area (Å²) in [5, 5.41) is 0. The van der Waals surface area contributed by atoms with Gasteiger partial charge in [-0.3, -0.25) is 4.99 Å². The predicted octanol–water partition coefficient (Wildman–Crippen LogP) is 7.97. The number of aromatic nitrogens is 2. The molecule has 3 nitrogen and oxygen atoms in total. The molecule has 1 heterocycles. The highest BCUT2D eigenvalue weighted by Crippen LogP contribution is 2.45. The van der Waals surface area contributed by atoms with Gasteiger partial charge in [0.15, 0.2) is 0 Å². The van der Waals surface area contributed by atoms with Crippen LogP contribution >= 0.6 is 0 Å². The van der Waals surface area contributed by atoms with Crippen LogP contribution in [0.5, 0.6) is 0 Å². The highest BCUT2D eigenvalue weighted by atomic mass is 15.1. The van der Waals surface area contributed by atoms with E-state index in [1.807, 2.05) is 55.1 Å². The molecule has 1 atom stereocenters. The van der Waals surface area contributed by atoms with Crippen LogP contribution in [-0.2, 0) is 0 Å².